The van der Waals surface area contributed by atoms with Gasteiger partial charge in [0.15, 0.2) is 11.6 Å². The minimum absolute atomic E-state index is 0.0313. The van der Waals surface area contributed by atoms with Crippen molar-refractivity contribution in [1.82, 2.24) is 20.0 Å². The fourth-order valence-electron chi connectivity index (χ4n) is 10.1. The van der Waals surface area contributed by atoms with E-state index in [1.807, 2.05) is 82.3 Å². The van der Waals surface area contributed by atoms with E-state index < -0.39 is 16.2 Å². The molecule has 2 aromatic heterocycles. The quantitative estimate of drug-likeness (QED) is 0.206. The summed E-state index contributed by atoms with van der Waals surface area (Å²) in [5, 5.41) is 12.6. The summed E-state index contributed by atoms with van der Waals surface area (Å²) in [6, 6.07) is 20.0. The highest BCUT2D eigenvalue weighted by atomic mass is 16.2. The van der Waals surface area contributed by atoms with Crippen LogP contribution in [-0.4, -0.2) is 37.5 Å². The van der Waals surface area contributed by atoms with Gasteiger partial charge < -0.3 is 9.59 Å². The first-order valence-electron chi connectivity index (χ1n) is 20.2. The van der Waals surface area contributed by atoms with Crippen molar-refractivity contribution < 1.29 is 17.1 Å². The van der Waals surface area contributed by atoms with Gasteiger partial charge in [0.25, 0.3) is 0 Å². The molecule has 0 unspecified atom stereocenters. The Morgan fingerprint density at radius 1 is 0.782 bits per heavy atom. The predicted molar refractivity (Wildman–Crippen MR) is 217 cm³/mol. The number of nitrogens with zero attached hydrogens (tertiary/aromatic N) is 5. The summed E-state index contributed by atoms with van der Waals surface area (Å²) in [6.45, 7) is 28.5. The van der Waals surface area contributed by atoms with Gasteiger partial charge in [0.1, 0.15) is 0 Å². The molecule has 0 spiro atoms. The highest BCUT2D eigenvalue weighted by Crippen LogP contribution is 2.57. The molecular weight excluding hydrogens is 685 g/mol. The average Bonchev–Trinajstić information content (AvgIpc) is 3.85. The van der Waals surface area contributed by atoms with Crippen LogP contribution in [0.1, 0.15) is 106 Å². The Balaban J connectivity index is 0.000000201. The number of hydrogen-bond donors (Lipinski definition) is 1. The lowest BCUT2D eigenvalue weighted by atomic mass is 9.53. The smallest absolute Gasteiger partial charge is 0.244 e. The summed E-state index contributed by atoms with van der Waals surface area (Å²) in [5.74, 6) is -0.0770. The predicted octanol–water partition coefficient (Wildman–Crippen LogP) is 10.0. The van der Waals surface area contributed by atoms with Crippen LogP contribution in [-0.2, 0) is 33.3 Å². The van der Waals surface area contributed by atoms with Crippen LogP contribution in [0.4, 0.5) is 0 Å². The van der Waals surface area contributed by atoms with Gasteiger partial charge in [0.2, 0.25) is 17.3 Å². The zero-order valence-corrected chi connectivity index (χ0v) is 33.4. The van der Waals surface area contributed by atoms with Gasteiger partial charge in [0.05, 0.1) is 30.2 Å². The maximum atomic E-state index is 12.8. The molecule has 4 aliphatic rings. The van der Waals surface area contributed by atoms with Crippen LogP contribution >= 0.6 is 0 Å². The van der Waals surface area contributed by atoms with Crippen LogP contribution < -0.4 is 0 Å². The molecule has 9 heteroatoms. The van der Waals surface area contributed by atoms with E-state index in [0.717, 1.165) is 65.1 Å². The van der Waals surface area contributed by atoms with Crippen LogP contribution in [0.3, 0.4) is 0 Å². The Morgan fingerprint density at radius 3 is 1.76 bits per heavy atom. The second-order valence-electron chi connectivity index (χ2n) is 16.4. The van der Waals surface area contributed by atoms with Crippen LogP contribution in [0.5, 0.6) is 0 Å². The number of ketones is 2. The molecule has 2 aromatic carbocycles. The third kappa shape index (κ3) is 6.01. The second kappa shape index (κ2) is 14.2. The van der Waals surface area contributed by atoms with Gasteiger partial charge in [-0.1, -0.05) is 129 Å². The number of rotatable bonds is 2. The van der Waals surface area contributed by atoms with Gasteiger partial charge in [-0.2, -0.15) is 14.9 Å². The second-order valence-corrected chi connectivity index (χ2v) is 16.4. The number of Topliss-reactive ketones (excluding diaryl/α,β-unsaturated/α-hetero) is 2. The number of H-pyrrole nitrogens is 1. The number of allylic oxidation sites excluding steroid dienone is 4. The molecule has 0 amide bonds. The molecule has 0 aliphatic heterocycles. The third-order valence-corrected chi connectivity index (χ3v) is 12.6. The van der Waals surface area contributed by atoms with Crippen molar-refractivity contribution in [3.63, 3.8) is 0 Å². The first kappa shape index (κ1) is 37.6. The summed E-state index contributed by atoms with van der Waals surface area (Å²) in [5.41, 5.74) is 6.33. The molecule has 0 fully saturated rings. The Kier molecular flexibility index (Phi) is 9.71. The number of aromatic nitrogens is 4. The molecule has 0 radical (unpaired) electrons. The molecule has 1 N–H and O–H groups in total. The van der Waals surface area contributed by atoms with Crippen molar-refractivity contribution in [1.29, 1.82) is 0 Å². The first-order valence-corrected chi connectivity index (χ1v) is 18.2. The lowest BCUT2D eigenvalue weighted by Gasteiger charge is -2.50. The molecule has 2 heterocycles. The lowest BCUT2D eigenvalue weighted by molar-refractivity contribution is -0.129. The maximum Gasteiger partial charge on any atom is 0.244 e. The van der Waals surface area contributed by atoms with E-state index in [1.165, 1.54) is 32.0 Å². The van der Waals surface area contributed by atoms with Crippen molar-refractivity contribution in [2.24, 2.45) is 22.7 Å². The number of benzene rings is 2. The normalized spacial score (nSPS) is 25.4. The molecule has 0 saturated heterocycles. The van der Waals surface area contributed by atoms with E-state index >= 15 is 0 Å². The van der Waals surface area contributed by atoms with Gasteiger partial charge in [-0.25, -0.2) is 9.69 Å². The van der Waals surface area contributed by atoms with Crippen molar-refractivity contribution in [2.45, 2.75) is 99.8 Å². The summed E-state index contributed by atoms with van der Waals surface area (Å²) in [4.78, 5) is 45.0. The maximum absolute atomic E-state index is 12.8. The van der Waals surface area contributed by atoms with E-state index in [-0.39, 0.29) is 46.1 Å². The molecule has 4 aliphatic carbocycles. The Morgan fingerprint density at radius 2 is 1.25 bits per heavy atom. The van der Waals surface area contributed by atoms with Crippen molar-refractivity contribution in [3.05, 3.63) is 130 Å². The highest BCUT2D eigenvalue weighted by Gasteiger charge is 2.56. The van der Waals surface area contributed by atoms with Crippen molar-refractivity contribution in [2.75, 3.05) is 0 Å². The highest BCUT2D eigenvalue weighted by molar-refractivity contribution is 6.03. The number of carbonyl (C=O) groups is 3. The number of aromatic amines is 1. The largest absolute Gasteiger partial charge is 0.307 e. The zero-order chi connectivity index (χ0) is 42.1. The van der Waals surface area contributed by atoms with E-state index in [1.54, 1.807) is 6.08 Å². The molecule has 4 atom stereocenters. The number of fused-ring (bicyclic) bond motifs is 6. The van der Waals surface area contributed by atoms with Gasteiger partial charge in [-0.05, 0) is 37.5 Å². The first-order chi connectivity index (χ1) is 27.1. The van der Waals surface area contributed by atoms with Crippen molar-refractivity contribution in [3.8, 4) is 22.5 Å². The lowest BCUT2D eigenvalue weighted by Crippen LogP contribution is -2.50. The zero-order valence-electron chi connectivity index (χ0n) is 35.4. The molecule has 0 bridgehead atoms. The standard InChI is InChI=1S/C23H23N3O2.C21H21N3O.2CH4/c1-14(27)26-19(15-9-7-6-8-10-15)16-11-12-18-22(2,3)21(28)17(24-5)13-23(18,4)20(16)25-26;1-20(2)16-11-10-14-17(13-8-6-5-7-9-13)23-24-18(14)21(16,3)12-15(22-4)19(20)25;;/h6-10,13,18H,11-12H2,1-4H3;5-9,12,16H,10-11H2,1-3H3,(H,23,24);2*1H4/t18-,23-;16-,21-;;/m00../s1/i;;2*1T. The number of nitrogens with one attached hydrogen (secondary N) is 1. The van der Waals surface area contributed by atoms with Gasteiger partial charge >= 0.3 is 0 Å². The monoisotopic (exact) mass is 740 g/mol. The fraction of sp³-hybridized carbons (Fsp3) is 0.413. The van der Waals surface area contributed by atoms with Crippen LogP contribution in [0.15, 0.2) is 84.2 Å². The molecule has 4 aromatic rings. The Labute approximate surface area is 328 Å². The fourth-order valence-corrected chi connectivity index (χ4v) is 10.1. The van der Waals surface area contributed by atoms with Gasteiger partial charge in [-0.15, -0.1) is 0 Å². The molecule has 284 valence electrons. The molecular formula is C46H52N6O3. The van der Waals surface area contributed by atoms with E-state index in [9.17, 15) is 14.4 Å². The van der Waals surface area contributed by atoms with Gasteiger partial charge in [-0.3, -0.25) is 9.89 Å². The molecule has 0 saturated carbocycles. The average molecular weight is 741 g/mol. The summed E-state index contributed by atoms with van der Waals surface area (Å²) in [7, 11) is 2.50. The molecule has 9 nitrogen and oxygen atoms in total. The molecule has 55 heavy (non-hydrogen) atoms. The van der Waals surface area contributed by atoms with E-state index in [4.69, 9.17) is 21.0 Å². The Hall–Kier alpha value is -5.67. The van der Waals surface area contributed by atoms with E-state index in [2.05, 4.69) is 45.9 Å². The van der Waals surface area contributed by atoms with Crippen molar-refractivity contribution >= 4 is 17.5 Å². The molecule has 8 rings (SSSR count). The van der Waals surface area contributed by atoms with E-state index in [0.29, 0.717) is 0 Å². The van der Waals surface area contributed by atoms with Crippen LogP contribution in [0.25, 0.3) is 32.2 Å². The summed E-state index contributed by atoms with van der Waals surface area (Å²) < 4.78 is 13.0. The third-order valence-electron chi connectivity index (χ3n) is 12.6. The summed E-state index contributed by atoms with van der Waals surface area (Å²) >= 11 is 0. The number of carbonyl (C=O) groups excluding carboxylic acids is 3. The SMILES string of the molecule is [3H]C.[3H]C.[C-]#[N+]C1=C[C@]2(C)c3[nH]nc(-c4ccccc4)c3CC[C@H]2C(C)(C)C1=O.[C-]#[N+]C1=C[C@]2(C)c3nn(C(C)=O)c(-c4ccccc4)c3CC[C@H]2C(C)(C)C1=O. The minimum Gasteiger partial charge on any atom is -0.307 e. The summed E-state index contributed by atoms with van der Waals surface area (Å²) in [6.07, 6.45) is 7.06. The Bertz CT molecular complexity index is 2340. The number of hydrogen-bond acceptors (Lipinski definition) is 5. The topological polar surface area (TPSA) is 106 Å². The van der Waals surface area contributed by atoms with Crippen LogP contribution in [0.2, 0.25) is 0 Å². The van der Waals surface area contributed by atoms with Crippen LogP contribution in [0, 0.1) is 35.8 Å². The minimum atomic E-state index is -0.645. The van der Waals surface area contributed by atoms with Gasteiger partial charge in [0, 0.05) is 59.3 Å².